The highest BCUT2D eigenvalue weighted by Crippen LogP contribution is 2.34. The summed E-state index contributed by atoms with van der Waals surface area (Å²) in [6.45, 7) is 0. The Morgan fingerprint density at radius 2 is 1.59 bits per heavy atom. The molecule has 9 nitrogen and oxygen atoms in total. The van der Waals surface area contributed by atoms with Crippen LogP contribution in [0.25, 0.3) is 11.1 Å². The van der Waals surface area contributed by atoms with Gasteiger partial charge in [0.1, 0.15) is 5.84 Å². The van der Waals surface area contributed by atoms with E-state index in [4.69, 9.17) is 15.3 Å². The number of carboxylic acid groups (broad SMARTS) is 1. The molecule has 0 aliphatic heterocycles. The maximum Gasteiger partial charge on any atom is 0.336 e. The largest absolute Gasteiger partial charge is 0.478 e. The molecular weight excluding hydrogens is 434 g/mol. The minimum Gasteiger partial charge on any atom is -0.478 e. The lowest BCUT2D eigenvalue weighted by Gasteiger charge is -2.16. The Kier molecular flexibility index (Phi) is 6.26. The molecule has 5 N–H and O–H groups in total. The summed E-state index contributed by atoms with van der Waals surface area (Å²) in [5.41, 5.74) is 6.43. The summed E-state index contributed by atoms with van der Waals surface area (Å²) in [4.78, 5) is 24.9. The van der Waals surface area contributed by atoms with E-state index < -0.39 is 22.0 Å². The van der Waals surface area contributed by atoms with Gasteiger partial charge in [-0.05, 0) is 47.5 Å². The third kappa shape index (κ3) is 5.10. The van der Waals surface area contributed by atoms with Crippen molar-refractivity contribution < 1.29 is 27.3 Å². The number of hydrogen-bond donors (Lipinski definition) is 4. The van der Waals surface area contributed by atoms with Crippen LogP contribution in [0.1, 0.15) is 26.3 Å². The maximum atomic E-state index is 13.2. The van der Waals surface area contributed by atoms with Gasteiger partial charge in [-0.2, -0.15) is 8.42 Å². The van der Waals surface area contributed by atoms with E-state index in [9.17, 15) is 23.1 Å². The van der Waals surface area contributed by atoms with Crippen LogP contribution in [-0.4, -0.2) is 37.5 Å². The topological polar surface area (TPSA) is 160 Å². The standard InChI is InChI=1S/C22H19N3O6S/c1-32(29,30)31-18-8-4-7-16(15-5-2-3-6-17(15)22(27)28)19(18)21(26)25-14-11-9-13(10-12-14)20(23)24/h2-12H,1H3,(H3,23,24)(H,25,26)(H,27,28). The molecule has 0 atom stereocenters. The highest BCUT2D eigenvalue weighted by atomic mass is 32.2. The van der Waals surface area contributed by atoms with Crippen molar-refractivity contribution in [3.63, 3.8) is 0 Å². The van der Waals surface area contributed by atoms with E-state index in [1.165, 1.54) is 54.6 Å². The van der Waals surface area contributed by atoms with Gasteiger partial charge in [0.15, 0.2) is 5.75 Å². The molecule has 0 saturated heterocycles. The molecule has 32 heavy (non-hydrogen) atoms. The van der Waals surface area contributed by atoms with E-state index in [0.29, 0.717) is 11.3 Å². The van der Waals surface area contributed by atoms with Crippen LogP contribution < -0.4 is 15.2 Å². The summed E-state index contributed by atoms with van der Waals surface area (Å²) in [6.07, 6.45) is 0.840. The monoisotopic (exact) mass is 453 g/mol. The second-order valence-electron chi connectivity index (χ2n) is 6.76. The number of hydrogen-bond acceptors (Lipinski definition) is 6. The zero-order valence-electron chi connectivity index (χ0n) is 16.8. The Bertz CT molecular complexity index is 1320. The van der Waals surface area contributed by atoms with Crippen LogP contribution in [0.5, 0.6) is 5.75 Å². The molecular formula is C22H19N3O6S. The summed E-state index contributed by atoms with van der Waals surface area (Å²) in [7, 11) is -3.98. The van der Waals surface area contributed by atoms with Crippen LogP contribution in [0.2, 0.25) is 0 Å². The Labute approximate surface area is 184 Å². The molecule has 0 spiro atoms. The van der Waals surface area contributed by atoms with Crippen molar-refractivity contribution >= 4 is 33.5 Å². The normalized spacial score (nSPS) is 10.9. The van der Waals surface area contributed by atoms with Crippen LogP contribution in [-0.2, 0) is 10.1 Å². The Morgan fingerprint density at radius 1 is 0.969 bits per heavy atom. The number of nitrogens with two attached hydrogens (primary N) is 1. The van der Waals surface area contributed by atoms with Gasteiger partial charge in [0.2, 0.25) is 0 Å². The zero-order valence-corrected chi connectivity index (χ0v) is 17.6. The fourth-order valence-electron chi connectivity index (χ4n) is 3.05. The minimum atomic E-state index is -3.98. The van der Waals surface area contributed by atoms with Crippen LogP contribution >= 0.6 is 0 Å². The summed E-state index contributed by atoms with van der Waals surface area (Å²) in [5.74, 6) is -2.30. The van der Waals surface area contributed by atoms with Crippen LogP contribution in [0, 0.1) is 5.41 Å². The molecule has 0 aliphatic carbocycles. The van der Waals surface area contributed by atoms with E-state index in [1.807, 2.05) is 0 Å². The van der Waals surface area contributed by atoms with Gasteiger partial charge in [0.25, 0.3) is 5.91 Å². The second kappa shape index (κ2) is 8.90. The van der Waals surface area contributed by atoms with Gasteiger partial charge in [-0.25, -0.2) is 4.79 Å². The number of amides is 1. The predicted octanol–water partition coefficient (Wildman–Crippen LogP) is 2.93. The van der Waals surface area contributed by atoms with Gasteiger partial charge in [-0.3, -0.25) is 10.2 Å². The van der Waals surface area contributed by atoms with Crippen molar-refractivity contribution in [3.8, 4) is 16.9 Å². The quantitative estimate of drug-likeness (QED) is 0.243. The highest BCUT2D eigenvalue weighted by Gasteiger charge is 2.24. The van der Waals surface area contributed by atoms with Gasteiger partial charge in [0, 0.05) is 11.3 Å². The van der Waals surface area contributed by atoms with E-state index in [2.05, 4.69) is 5.32 Å². The number of nitrogen functional groups attached to an aromatic ring is 1. The van der Waals surface area contributed by atoms with Crippen molar-refractivity contribution in [3.05, 3.63) is 83.4 Å². The lowest BCUT2D eigenvalue weighted by atomic mass is 9.94. The fourth-order valence-corrected chi connectivity index (χ4v) is 3.52. The number of aromatic carboxylic acids is 1. The van der Waals surface area contributed by atoms with Gasteiger partial charge in [-0.1, -0.05) is 30.3 Å². The smallest absolute Gasteiger partial charge is 0.336 e. The summed E-state index contributed by atoms with van der Waals surface area (Å²) < 4.78 is 28.6. The molecule has 0 fully saturated rings. The van der Waals surface area contributed by atoms with Crippen molar-refractivity contribution in [2.75, 3.05) is 11.6 Å². The first-order valence-corrected chi connectivity index (χ1v) is 11.0. The first-order valence-electron chi connectivity index (χ1n) is 9.18. The summed E-state index contributed by atoms with van der Waals surface area (Å²) in [5, 5.41) is 19.6. The Hall–Kier alpha value is -4.18. The molecule has 0 bridgehead atoms. The zero-order chi connectivity index (χ0) is 23.5. The molecule has 3 aromatic carbocycles. The summed E-state index contributed by atoms with van der Waals surface area (Å²) >= 11 is 0. The van der Waals surface area contributed by atoms with Crippen molar-refractivity contribution in [2.24, 2.45) is 5.73 Å². The van der Waals surface area contributed by atoms with E-state index in [1.54, 1.807) is 12.1 Å². The van der Waals surface area contributed by atoms with E-state index in [-0.39, 0.29) is 33.8 Å². The van der Waals surface area contributed by atoms with E-state index in [0.717, 1.165) is 6.26 Å². The van der Waals surface area contributed by atoms with Gasteiger partial charge < -0.3 is 20.3 Å². The molecule has 0 aliphatic rings. The Morgan fingerprint density at radius 3 is 2.19 bits per heavy atom. The summed E-state index contributed by atoms with van der Waals surface area (Å²) in [6, 6.07) is 16.5. The lowest BCUT2D eigenvalue weighted by Crippen LogP contribution is -2.17. The van der Waals surface area contributed by atoms with Crippen molar-refractivity contribution in [2.45, 2.75) is 0 Å². The molecule has 3 rings (SSSR count). The minimum absolute atomic E-state index is 0.0659. The van der Waals surface area contributed by atoms with Crippen LogP contribution in [0.3, 0.4) is 0 Å². The third-order valence-electron chi connectivity index (χ3n) is 4.40. The predicted molar refractivity (Wildman–Crippen MR) is 120 cm³/mol. The SMILES string of the molecule is CS(=O)(=O)Oc1cccc(-c2ccccc2C(=O)O)c1C(=O)Nc1ccc(C(=N)N)cc1. The van der Waals surface area contributed by atoms with Crippen LogP contribution in [0.15, 0.2) is 66.7 Å². The highest BCUT2D eigenvalue weighted by molar-refractivity contribution is 7.86. The molecule has 164 valence electrons. The number of rotatable bonds is 7. The average molecular weight is 453 g/mol. The first kappa shape index (κ1) is 22.5. The molecule has 10 heteroatoms. The molecule has 0 heterocycles. The van der Waals surface area contributed by atoms with Crippen LogP contribution in [0.4, 0.5) is 5.69 Å². The molecule has 0 unspecified atom stereocenters. The molecule has 1 amide bonds. The average Bonchev–Trinajstić information content (AvgIpc) is 2.72. The number of carboxylic acids is 1. The van der Waals surface area contributed by atoms with Gasteiger partial charge >= 0.3 is 16.1 Å². The molecule has 0 aromatic heterocycles. The Balaban J connectivity index is 2.14. The van der Waals surface area contributed by atoms with Crippen molar-refractivity contribution in [1.82, 2.24) is 0 Å². The first-order chi connectivity index (χ1) is 15.1. The number of carbonyl (C=O) groups excluding carboxylic acids is 1. The lowest BCUT2D eigenvalue weighted by molar-refractivity contribution is 0.0697. The number of carbonyl (C=O) groups is 2. The van der Waals surface area contributed by atoms with Gasteiger partial charge in [-0.15, -0.1) is 0 Å². The second-order valence-corrected chi connectivity index (χ2v) is 8.34. The number of anilines is 1. The molecule has 3 aromatic rings. The number of amidine groups is 1. The number of benzene rings is 3. The molecule has 0 radical (unpaired) electrons. The number of nitrogens with one attached hydrogen (secondary N) is 2. The molecule has 0 saturated carbocycles. The van der Waals surface area contributed by atoms with Crippen molar-refractivity contribution in [1.29, 1.82) is 5.41 Å². The maximum absolute atomic E-state index is 13.2. The van der Waals surface area contributed by atoms with E-state index >= 15 is 0 Å². The van der Waals surface area contributed by atoms with Gasteiger partial charge in [0.05, 0.1) is 17.4 Å². The third-order valence-corrected chi connectivity index (χ3v) is 4.88. The fraction of sp³-hybridized carbons (Fsp3) is 0.0455.